The lowest BCUT2D eigenvalue weighted by atomic mass is 9.81. The van der Waals surface area contributed by atoms with Gasteiger partial charge >= 0.3 is 0 Å². The predicted octanol–water partition coefficient (Wildman–Crippen LogP) is 0.631. The fourth-order valence-electron chi connectivity index (χ4n) is 1.34. The molecule has 0 amide bonds. The molecule has 0 heterocycles. The van der Waals surface area contributed by atoms with E-state index in [2.05, 4.69) is 5.32 Å². The summed E-state index contributed by atoms with van der Waals surface area (Å²) in [5.41, 5.74) is 0. The number of nitrogens with one attached hydrogen (secondary N) is 1. The standard InChI is InChI=1S/C7H15NO/c1-8-7-3-6(4-7)5-9-2/h6-8H,3-5H2,1-2H3/t6-,7-. The Bertz CT molecular complexity index is 79.0. The number of hydrogen-bond donors (Lipinski definition) is 1. The SMILES string of the molecule is CN[C@H]1C[C@H](COC)C1. The summed E-state index contributed by atoms with van der Waals surface area (Å²) < 4.78 is 5.01. The maximum atomic E-state index is 5.01. The molecule has 0 unspecified atom stereocenters. The van der Waals surface area contributed by atoms with Gasteiger partial charge in [0.15, 0.2) is 0 Å². The van der Waals surface area contributed by atoms with Crippen LogP contribution >= 0.6 is 0 Å². The molecule has 1 saturated carbocycles. The maximum Gasteiger partial charge on any atom is 0.0491 e. The van der Waals surface area contributed by atoms with Gasteiger partial charge in [-0.1, -0.05) is 0 Å². The molecule has 0 bridgehead atoms. The van der Waals surface area contributed by atoms with Gasteiger partial charge in [-0.3, -0.25) is 0 Å². The second-order valence-corrected chi connectivity index (χ2v) is 2.78. The van der Waals surface area contributed by atoms with Gasteiger partial charge in [0.05, 0.1) is 0 Å². The first kappa shape index (κ1) is 7.03. The van der Waals surface area contributed by atoms with Crippen LogP contribution in [0.15, 0.2) is 0 Å². The summed E-state index contributed by atoms with van der Waals surface area (Å²) in [4.78, 5) is 0. The monoisotopic (exact) mass is 129 g/mol. The Morgan fingerprint density at radius 2 is 2.22 bits per heavy atom. The Labute approximate surface area is 56.6 Å². The molecule has 0 aromatic carbocycles. The molecule has 0 atom stereocenters. The Hall–Kier alpha value is -0.0800. The molecule has 54 valence electrons. The van der Waals surface area contributed by atoms with E-state index in [1.54, 1.807) is 7.11 Å². The van der Waals surface area contributed by atoms with E-state index in [1.807, 2.05) is 7.05 Å². The Balaban J connectivity index is 1.98. The zero-order chi connectivity index (χ0) is 6.69. The lowest BCUT2D eigenvalue weighted by Crippen LogP contribution is -2.40. The van der Waals surface area contributed by atoms with Crippen molar-refractivity contribution in [2.45, 2.75) is 18.9 Å². The van der Waals surface area contributed by atoms with Gasteiger partial charge < -0.3 is 10.1 Å². The van der Waals surface area contributed by atoms with Gasteiger partial charge in [0.25, 0.3) is 0 Å². The minimum Gasteiger partial charge on any atom is -0.384 e. The molecule has 9 heavy (non-hydrogen) atoms. The summed E-state index contributed by atoms with van der Waals surface area (Å²) in [6.07, 6.45) is 2.59. The highest BCUT2D eigenvalue weighted by molar-refractivity contribution is 4.83. The average Bonchev–Trinajstić information content (AvgIpc) is 1.77. The average molecular weight is 129 g/mol. The Morgan fingerprint density at radius 1 is 1.56 bits per heavy atom. The predicted molar refractivity (Wildman–Crippen MR) is 37.4 cm³/mol. The third-order valence-corrected chi connectivity index (χ3v) is 2.05. The van der Waals surface area contributed by atoms with Gasteiger partial charge in [-0.25, -0.2) is 0 Å². The van der Waals surface area contributed by atoms with Crippen LogP contribution in [-0.2, 0) is 4.74 Å². The molecule has 0 aromatic rings. The van der Waals surface area contributed by atoms with Crippen LogP contribution in [0, 0.1) is 5.92 Å². The number of rotatable bonds is 3. The quantitative estimate of drug-likeness (QED) is 0.603. The first-order chi connectivity index (χ1) is 4.36. The summed E-state index contributed by atoms with van der Waals surface area (Å²) in [7, 11) is 3.79. The molecule has 1 aliphatic carbocycles. The molecule has 0 aromatic heterocycles. The highest BCUT2D eigenvalue weighted by Gasteiger charge is 2.26. The maximum absolute atomic E-state index is 5.01. The minimum atomic E-state index is 0.769. The van der Waals surface area contributed by atoms with Crippen molar-refractivity contribution in [3.05, 3.63) is 0 Å². The van der Waals surface area contributed by atoms with E-state index in [0.29, 0.717) is 0 Å². The smallest absolute Gasteiger partial charge is 0.0491 e. The van der Waals surface area contributed by atoms with Crippen molar-refractivity contribution in [3.8, 4) is 0 Å². The van der Waals surface area contributed by atoms with Crippen molar-refractivity contribution in [1.82, 2.24) is 5.32 Å². The summed E-state index contributed by atoms with van der Waals surface area (Å²) >= 11 is 0. The highest BCUT2D eigenvalue weighted by atomic mass is 16.5. The van der Waals surface area contributed by atoms with Gasteiger partial charge in [0, 0.05) is 19.8 Å². The normalized spacial score (nSPS) is 34.0. The van der Waals surface area contributed by atoms with Gasteiger partial charge in [0.1, 0.15) is 0 Å². The highest BCUT2D eigenvalue weighted by Crippen LogP contribution is 2.26. The van der Waals surface area contributed by atoms with Crippen LogP contribution in [0.1, 0.15) is 12.8 Å². The summed E-state index contributed by atoms with van der Waals surface area (Å²) in [5, 5.41) is 3.23. The third-order valence-electron chi connectivity index (χ3n) is 2.05. The second-order valence-electron chi connectivity index (χ2n) is 2.78. The van der Waals surface area contributed by atoms with Crippen molar-refractivity contribution in [2.24, 2.45) is 5.92 Å². The third kappa shape index (κ3) is 1.66. The topological polar surface area (TPSA) is 21.3 Å². The Kier molecular flexibility index (Phi) is 2.49. The van der Waals surface area contributed by atoms with Crippen LogP contribution in [0.5, 0.6) is 0 Å². The molecule has 1 fully saturated rings. The molecule has 2 heteroatoms. The van der Waals surface area contributed by atoms with Crippen LogP contribution in [0.2, 0.25) is 0 Å². The van der Waals surface area contributed by atoms with Crippen molar-refractivity contribution in [3.63, 3.8) is 0 Å². The molecule has 0 aliphatic heterocycles. The summed E-state index contributed by atoms with van der Waals surface area (Å²) in [6, 6.07) is 0.769. The van der Waals surface area contributed by atoms with Crippen molar-refractivity contribution in [2.75, 3.05) is 20.8 Å². The fraction of sp³-hybridized carbons (Fsp3) is 1.00. The molecule has 0 saturated heterocycles. The van der Waals surface area contributed by atoms with Crippen LogP contribution in [0.25, 0.3) is 0 Å². The molecular weight excluding hydrogens is 114 g/mol. The Morgan fingerprint density at radius 3 is 2.67 bits per heavy atom. The number of methoxy groups -OCH3 is 1. The first-order valence-corrected chi connectivity index (χ1v) is 3.53. The van der Waals surface area contributed by atoms with E-state index < -0.39 is 0 Å². The van der Waals surface area contributed by atoms with Crippen LogP contribution in [0.4, 0.5) is 0 Å². The molecule has 1 rings (SSSR count). The molecule has 0 radical (unpaired) electrons. The summed E-state index contributed by atoms with van der Waals surface area (Å²) in [5.74, 6) is 0.826. The van der Waals surface area contributed by atoms with E-state index in [1.165, 1.54) is 12.8 Å². The van der Waals surface area contributed by atoms with E-state index in [9.17, 15) is 0 Å². The van der Waals surface area contributed by atoms with Gasteiger partial charge in [-0.05, 0) is 25.8 Å². The fourth-order valence-corrected chi connectivity index (χ4v) is 1.34. The lowest BCUT2D eigenvalue weighted by molar-refractivity contribution is 0.0910. The van der Waals surface area contributed by atoms with Gasteiger partial charge in [-0.2, -0.15) is 0 Å². The van der Waals surface area contributed by atoms with Crippen molar-refractivity contribution in [1.29, 1.82) is 0 Å². The van der Waals surface area contributed by atoms with Crippen LogP contribution in [0.3, 0.4) is 0 Å². The molecule has 2 nitrogen and oxygen atoms in total. The van der Waals surface area contributed by atoms with Crippen LogP contribution in [-0.4, -0.2) is 26.8 Å². The van der Waals surface area contributed by atoms with Gasteiger partial charge in [-0.15, -0.1) is 0 Å². The molecule has 0 spiro atoms. The van der Waals surface area contributed by atoms with Crippen LogP contribution < -0.4 is 5.32 Å². The lowest BCUT2D eigenvalue weighted by Gasteiger charge is -2.34. The number of ether oxygens (including phenoxy) is 1. The largest absolute Gasteiger partial charge is 0.384 e. The van der Waals surface area contributed by atoms with E-state index in [4.69, 9.17) is 4.74 Å². The van der Waals surface area contributed by atoms with E-state index in [-0.39, 0.29) is 0 Å². The van der Waals surface area contributed by atoms with Crippen molar-refractivity contribution < 1.29 is 4.74 Å². The molecular formula is C7H15NO. The first-order valence-electron chi connectivity index (χ1n) is 3.53. The summed E-state index contributed by atoms with van der Waals surface area (Å²) in [6.45, 7) is 0.943. The van der Waals surface area contributed by atoms with E-state index >= 15 is 0 Å². The zero-order valence-electron chi connectivity index (χ0n) is 6.18. The minimum absolute atomic E-state index is 0.769. The number of hydrogen-bond acceptors (Lipinski definition) is 2. The second kappa shape index (κ2) is 3.18. The van der Waals surface area contributed by atoms with Gasteiger partial charge in [0.2, 0.25) is 0 Å². The zero-order valence-corrected chi connectivity index (χ0v) is 6.18. The van der Waals surface area contributed by atoms with E-state index in [0.717, 1.165) is 18.6 Å². The van der Waals surface area contributed by atoms with Crippen molar-refractivity contribution >= 4 is 0 Å². The molecule has 1 aliphatic rings. The molecule has 1 N–H and O–H groups in total.